The summed E-state index contributed by atoms with van der Waals surface area (Å²) < 4.78 is 5.31. The zero-order valence-corrected chi connectivity index (χ0v) is 11.9. The van der Waals surface area contributed by atoms with Crippen LogP contribution in [0.25, 0.3) is 0 Å². The standard InChI is InChI=1S/C15H25NO2/c1-5-12-8-14(6-7-15(12)18-4)16-9-13(10-17)11(2)3/h6-8,11,13,16-17H,5,9-10H2,1-4H3. The van der Waals surface area contributed by atoms with Crippen LogP contribution >= 0.6 is 0 Å². The molecule has 0 spiro atoms. The molecule has 1 unspecified atom stereocenters. The molecule has 0 aliphatic carbocycles. The average Bonchev–Trinajstić information content (AvgIpc) is 2.38. The SMILES string of the molecule is CCc1cc(NCC(CO)C(C)C)ccc1OC. The fourth-order valence-corrected chi connectivity index (χ4v) is 1.92. The number of hydrogen-bond acceptors (Lipinski definition) is 3. The summed E-state index contributed by atoms with van der Waals surface area (Å²) in [5, 5.41) is 12.7. The number of aryl methyl sites for hydroxylation is 1. The molecule has 0 amide bonds. The zero-order chi connectivity index (χ0) is 13.5. The largest absolute Gasteiger partial charge is 0.496 e. The van der Waals surface area contributed by atoms with Gasteiger partial charge in [0.2, 0.25) is 0 Å². The summed E-state index contributed by atoms with van der Waals surface area (Å²) in [6, 6.07) is 6.13. The van der Waals surface area contributed by atoms with Gasteiger partial charge in [0.15, 0.2) is 0 Å². The Morgan fingerprint density at radius 1 is 1.33 bits per heavy atom. The fraction of sp³-hybridized carbons (Fsp3) is 0.600. The van der Waals surface area contributed by atoms with Gasteiger partial charge in [-0.3, -0.25) is 0 Å². The lowest BCUT2D eigenvalue weighted by Gasteiger charge is -2.20. The number of rotatable bonds is 7. The second kappa shape index (κ2) is 7.27. The van der Waals surface area contributed by atoms with Crippen LogP contribution in [-0.2, 0) is 6.42 Å². The Balaban J connectivity index is 2.67. The van der Waals surface area contributed by atoms with Crippen molar-refractivity contribution < 1.29 is 9.84 Å². The monoisotopic (exact) mass is 251 g/mol. The molecule has 0 aromatic heterocycles. The highest BCUT2D eigenvalue weighted by Gasteiger charge is 2.12. The lowest BCUT2D eigenvalue weighted by molar-refractivity contribution is 0.198. The first kappa shape index (κ1) is 14.8. The number of aliphatic hydroxyl groups excluding tert-OH is 1. The fourth-order valence-electron chi connectivity index (χ4n) is 1.92. The number of aliphatic hydroxyl groups is 1. The summed E-state index contributed by atoms with van der Waals surface area (Å²) in [5.41, 5.74) is 2.29. The summed E-state index contributed by atoms with van der Waals surface area (Å²) in [6.45, 7) is 7.40. The van der Waals surface area contributed by atoms with E-state index in [1.165, 1.54) is 5.56 Å². The van der Waals surface area contributed by atoms with Gasteiger partial charge in [-0.25, -0.2) is 0 Å². The Labute approximate surface area is 110 Å². The molecule has 0 heterocycles. The zero-order valence-electron chi connectivity index (χ0n) is 11.9. The maximum absolute atomic E-state index is 9.30. The molecule has 0 fully saturated rings. The van der Waals surface area contributed by atoms with Gasteiger partial charge in [0.05, 0.1) is 7.11 Å². The predicted octanol–water partition coefficient (Wildman–Crippen LogP) is 2.93. The van der Waals surface area contributed by atoms with E-state index in [1.807, 2.05) is 12.1 Å². The highest BCUT2D eigenvalue weighted by atomic mass is 16.5. The van der Waals surface area contributed by atoms with E-state index in [2.05, 4.69) is 32.2 Å². The molecule has 0 radical (unpaired) electrons. The first-order valence-electron chi connectivity index (χ1n) is 6.64. The van der Waals surface area contributed by atoms with E-state index in [0.29, 0.717) is 5.92 Å². The van der Waals surface area contributed by atoms with Crippen LogP contribution in [0.15, 0.2) is 18.2 Å². The third kappa shape index (κ3) is 3.91. The van der Waals surface area contributed by atoms with Crippen molar-refractivity contribution in [2.24, 2.45) is 11.8 Å². The Bertz CT molecular complexity index is 364. The van der Waals surface area contributed by atoms with Crippen LogP contribution < -0.4 is 10.1 Å². The Morgan fingerprint density at radius 2 is 2.06 bits per heavy atom. The van der Waals surface area contributed by atoms with Crippen molar-refractivity contribution in [3.63, 3.8) is 0 Å². The average molecular weight is 251 g/mol. The van der Waals surface area contributed by atoms with E-state index < -0.39 is 0 Å². The molecule has 3 nitrogen and oxygen atoms in total. The number of anilines is 1. The third-order valence-electron chi connectivity index (χ3n) is 3.41. The number of methoxy groups -OCH3 is 1. The number of ether oxygens (including phenoxy) is 1. The number of hydrogen-bond donors (Lipinski definition) is 2. The number of nitrogens with one attached hydrogen (secondary N) is 1. The van der Waals surface area contributed by atoms with Crippen LogP contribution in [-0.4, -0.2) is 25.4 Å². The van der Waals surface area contributed by atoms with E-state index >= 15 is 0 Å². The third-order valence-corrected chi connectivity index (χ3v) is 3.41. The molecule has 3 heteroatoms. The second-order valence-electron chi connectivity index (χ2n) is 4.95. The molecule has 0 saturated carbocycles. The summed E-state index contributed by atoms with van der Waals surface area (Å²) in [7, 11) is 1.70. The van der Waals surface area contributed by atoms with Crippen molar-refractivity contribution in [1.82, 2.24) is 0 Å². The smallest absolute Gasteiger partial charge is 0.122 e. The van der Waals surface area contributed by atoms with Crippen molar-refractivity contribution in [1.29, 1.82) is 0 Å². The van der Waals surface area contributed by atoms with E-state index in [1.54, 1.807) is 7.11 Å². The van der Waals surface area contributed by atoms with Crippen molar-refractivity contribution in [2.45, 2.75) is 27.2 Å². The Hall–Kier alpha value is -1.22. The molecule has 0 aliphatic heterocycles. The van der Waals surface area contributed by atoms with E-state index in [4.69, 9.17) is 4.74 Å². The van der Waals surface area contributed by atoms with Crippen LogP contribution in [0, 0.1) is 11.8 Å². The highest BCUT2D eigenvalue weighted by molar-refractivity contribution is 5.51. The first-order chi connectivity index (χ1) is 8.62. The molecule has 102 valence electrons. The van der Waals surface area contributed by atoms with Crippen LogP contribution in [0.1, 0.15) is 26.3 Å². The van der Waals surface area contributed by atoms with E-state index in [0.717, 1.165) is 24.4 Å². The molecule has 1 aromatic rings. The van der Waals surface area contributed by atoms with Crippen molar-refractivity contribution >= 4 is 5.69 Å². The highest BCUT2D eigenvalue weighted by Crippen LogP contribution is 2.23. The summed E-state index contributed by atoms with van der Waals surface area (Å²) in [4.78, 5) is 0. The molecule has 0 saturated heterocycles. The van der Waals surface area contributed by atoms with E-state index in [-0.39, 0.29) is 12.5 Å². The van der Waals surface area contributed by atoms with Gasteiger partial charge in [-0.15, -0.1) is 0 Å². The number of benzene rings is 1. The van der Waals surface area contributed by atoms with Crippen LogP contribution in [0.3, 0.4) is 0 Å². The second-order valence-corrected chi connectivity index (χ2v) is 4.95. The quantitative estimate of drug-likeness (QED) is 0.783. The molecule has 1 rings (SSSR count). The summed E-state index contributed by atoms with van der Waals surface area (Å²) in [6.07, 6.45) is 0.951. The lowest BCUT2D eigenvalue weighted by Crippen LogP contribution is -2.23. The molecular weight excluding hydrogens is 226 g/mol. The molecule has 0 bridgehead atoms. The van der Waals surface area contributed by atoms with Crippen LogP contribution in [0.2, 0.25) is 0 Å². The Morgan fingerprint density at radius 3 is 2.56 bits per heavy atom. The summed E-state index contributed by atoms with van der Waals surface area (Å²) >= 11 is 0. The molecule has 0 aliphatic rings. The molecule has 1 aromatic carbocycles. The molecule has 18 heavy (non-hydrogen) atoms. The van der Waals surface area contributed by atoms with Gasteiger partial charge in [0.1, 0.15) is 5.75 Å². The van der Waals surface area contributed by atoms with Gasteiger partial charge in [0.25, 0.3) is 0 Å². The Kier molecular flexibility index (Phi) is 5.99. The van der Waals surface area contributed by atoms with Gasteiger partial charge in [-0.05, 0) is 36.1 Å². The summed E-state index contributed by atoms with van der Waals surface area (Å²) in [5.74, 6) is 1.70. The minimum Gasteiger partial charge on any atom is -0.496 e. The van der Waals surface area contributed by atoms with Crippen molar-refractivity contribution in [2.75, 3.05) is 25.6 Å². The van der Waals surface area contributed by atoms with E-state index in [9.17, 15) is 5.11 Å². The van der Waals surface area contributed by atoms with Crippen molar-refractivity contribution in [3.8, 4) is 5.75 Å². The van der Waals surface area contributed by atoms with Crippen LogP contribution in [0.4, 0.5) is 5.69 Å². The minimum absolute atomic E-state index is 0.224. The van der Waals surface area contributed by atoms with Gasteiger partial charge < -0.3 is 15.2 Å². The maximum Gasteiger partial charge on any atom is 0.122 e. The normalized spacial score (nSPS) is 12.6. The minimum atomic E-state index is 0.224. The van der Waals surface area contributed by atoms with Crippen molar-refractivity contribution in [3.05, 3.63) is 23.8 Å². The first-order valence-corrected chi connectivity index (χ1v) is 6.64. The van der Waals surface area contributed by atoms with Gasteiger partial charge >= 0.3 is 0 Å². The maximum atomic E-state index is 9.30. The van der Waals surface area contributed by atoms with Gasteiger partial charge in [0, 0.05) is 24.8 Å². The van der Waals surface area contributed by atoms with Crippen LogP contribution in [0.5, 0.6) is 5.75 Å². The van der Waals surface area contributed by atoms with Gasteiger partial charge in [-0.2, -0.15) is 0 Å². The van der Waals surface area contributed by atoms with Gasteiger partial charge in [-0.1, -0.05) is 20.8 Å². The predicted molar refractivity (Wildman–Crippen MR) is 76.3 cm³/mol. The lowest BCUT2D eigenvalue weighted by atomic mass is 9.97. The topological polar surface area (TPSA) is 41.5 Å². The molecule has 2 N–H and O–H groups in total. The molecule has 1 atom stereocenters. The molecular formula is C15H25NO2.